The average Bonchev–Trinajstić information content (AvgIpc) is 2.67. The highest BCUT2D eigenvalue weighted by Crippen LogP contribution is 2.49. The Balaban J connectivity index is 0.00000150. The molecule has 1 saturated heterocycles. The predicted octanol–water partition coefficient (Wildman–Crippen LogP) is 5.87. The first-order chi connectivity index (χ1) is 13.0. The summed E-state index contributed by atoms with van der Waals surface area (Å²) in [6.45, 7) is 5.72. The zero-order valence-corrected chi connectivity index (χ0v) is 19.4. The maximum atomic E-state index is 13.2. The molecule has 168 valence electrons. The van der Waals surface area contributed by atoms with Crippen molar-refractivity contribution in [3.63, 3.8) is 0 Å². The second-order valence-electron chi connectivity index (χ2n) is 6.85. The zero-order chi connectivity index (χ0) is 18.9. The standard InChI is InChI=1S/C20H22F3N3S.3ClH/c21-20(22,23)15-6-7-19-17(14-15)26(16-4-1-2-5-18(16)27-19)11-3-10-25-12-8-24-9-13-25;;;/h1-2,4-7,14,24H,3,8-13H2;3*1H. The molecule has 4 rings (SSSR count). The number of nitrogens with one attached hydrogen (secondary N) is 1. The van der Waals surface area contributed by atoms with E-state index in [4.69, 9.17) is 0 Å². The monoisotopic (exact) mass is 501 g/mol. The average molecular weight is 503 g/mol. The molecule has 30 heavy (non-hydrogen) atoms. The molecule has 2 aliphatic rings. The summed E-state index contributed by atoms with van der Waals surface area (Å²) in [5.41, 5.74) is 1.07. The Morgan fingerprint density at radius 2 is 1.53 bits per heavy atom. The number of hydrogen-bond donors (Lipinski definition) is 1. The summed E-state index contributed by atoms with van der Waals surface area (Å²) in [4.78, 5) is 6.43. The van der Waals surface area contributed by atoms with Crippen LogP contribution in [0.25, 0.3) is 0 Å². The Morgan fingerprint density at radius 1 is 0.867 bits per heavy atom. The van der Waals surface area contributed by atoms with Gasteiger partial charge in [-0.15, -0.1) is 37.2 Å². The number of alkyl halides is 3. The molecule has 0 spiro atoms. The number of piperazine rings is 1. The maximum Gasteiger partial charge on any atom is 0.416 e. The fourth-order valence-corrected chi connectivity index (χ4v) is 4.71. The van der Waals surface area contributed by atoms with Gasteiger partial charge in [-0.2, -0.15) is 13.2 Å². The Hall–Kier alpha value is -0.830. The highest BCUT2D eigenvalue weighted by molar-refractivity contribution is 7.99. The van der Waals surface area contributed by atoms with Gasteiger partial charge in [-0.1, -0.05) is 23.9 Å². The number of benzene rings is 2. The van der Waals surface area contributed by atoms with Gasteiger partial charge in [-0.05, 0) is 43.3 Å². The number of halogens is 6. The lowest BCUT2D eigenvalue weighted by molar-refractivity contribution is -0.137. The topological polar surface area (TPSA) is 18.5 Å². The van der Waals surface area contributed by atoms with E-state index in [1.54, 1.807) is 6.07 Å². The first-order valence-electron chi connectivity index (χ1n) is 9.21. The Labute approximate surface area is 198 Å². The van der Waals surface area contributed by atoms with E-state index < -0.39 is 11.7 Å². The summed E-state index contributed by atoms with van der Waals surface area (Å²) in [6, 6.07) is 12.0. The molecule has 1 N–H and O–H groups in total. The molecule has 0 bridgehead atoms. The number of nitrogens with zero attached hydrogens (tertiary/aromatic N) is 2. The largest absolute Gasteiger partial charge is 0.416 e. The van der Waals surface area contributed by atoms with Crippen molar-refractivity contribution in [2.75, 3.05) is 44.2 Å². The molecule has 0 aromatic heterocycles. The van der Waals surface area contributed by atoms with Gasteiger partial charge in [0.15, 0.2) is 0 Å². The van der Waals surface area contributed by atoms with Crippen LogP contribution in [0.1, 0.15) is 12.0 Å². The molecule has 0 amide bonds. The lowest BCUT2D eigenvalue weighted by Gasteiger charge is -2.34. The third-order valence-electron chi connectivity index (χ3n) is 5.02. The first-order valence-corrected chi connectivity index (χ1v) is 10.0. The third kappa shape index (κ3) is 6.11. The molecule has 0 aliphatic carbocycles. The predicted molar refractivity (Wildman–Crippen MR) is 125 cm³/mol. The Kier molecular flexibility index (Phi) is 10.6. The summed E-state index contributed by atoms with van der Waals surface area (Å²) >= 11 is 1.54. The van der Waals surface area contributed by atoms with E-state index >= 15 is 0 Å². The molecule has 1 fully saturated rings. The van der Waals surface area contributed by atoms with Gasteiger partial charge in [-0.3, -0.25) is 0 Å². The molecule has 2 heterocycles. The molecular weight excluding hydrogens is 478 g/mol. The molecule has 2 aromatic carbocycles. The van der Waals surface area contributed by atoms with E-state index in [1.165, 1.54) is 23.9 Å². The van der Waals surface area contributed by atoms with Crippen LogP contribution in [0.3, 0.4) is 0 Å². The molecule has 0 atom stereocenters. The van der Waals surface area contributed by atoms with Crippen LogP contribution in [0.4, 0.5) is 24.5 Å². The van der Waals surface area contributed by atoms with Gasteiger partial charge in [0.2, 0.25) is 0 Å². The Morgan fingerprint density at radius 3 is 2.23 bits per heavy atom. The van der Waals surface area contributed by atoms with Crippen LogP contribution < -0.4 is 10.2 Å². The molecule has 10 heteroatoms. The first kappa shape index (κ1) is 27.2. The number of anilines is 2. The second-order valence-corrected chi connectivity index (χ2v) is 7.93. The van der Waals surface area contributed by atoms with Gasteiger partial charge in [0, 0.05) is 42.5 Å². The highest BCUT2D eigenvalue weighted by Gasteiger charge is 2.33. The van der Waals surface area contributed by atoms with E-state index in [-0.39, 0.29) is 37.2 Å². The smallest absolute Gasteiger partial charge is 0.340 e. The van der Waals surface area contributed by atoms with Crippen molar-refractivity contribution in [3.05, 3.63) is 48.0 Å². The minimum atomic E-state index is -4.33. The third-order valence-corrected chi connectivity index (χ3v) is 6.15. The van der Waals surface area contributed by atoms with Crippen LogP contribution in [-0.4, -0.2) is 44.2 Å². The molecule has 3 nitrogen and oxygen atoms in total. The van der Waals surface area contributed by atoms with Crippen molar-refractivity contribution in [2.24, 2.45) is 0 Å². The second kappa shape index (κ2) is 11.7. The van der Waals surface area contributed by atoms with Crippen LogP contribution in [-0.2, 0) is 6.18 Å². The summed E-state index contributed by atoms with van der Waals surface area (Å²) < 4.78 is 39.7. The van der Waals surface area contributed by atoms with Gasteiger partial charge in [-0.25, -0.2) is 0 Å². The lowest BCUT2D eigenvalue weighted by Crippen LogP contribution is -2.44. The van der Waals surface area contributed by atoms with Gasteiger partial charge < -0.3 is 15.1 Å². The molecule has 0 radical (unpaired) electrons. The SMILES string of the molecule is Cl.Cl.Cl.FC(F)(F)c1ccc2c(c1)N(CCCN1CCNCC1)c1ccccc1S2. The van der Waals surface area contributed by atoms with E-state index in [0.717, 1.165) is 54.6 Å². The van der Waals surface area contributed by atoms with Gasteiger partial charge in [0.25, 0.3) is 0 Å². The van der Waals surface area contributed by atoms with Crippen molar-refractivity contribution in [2.45, 2.75) is 22.4 Å². The molecule has 2 aromatic rings. The minimum absolute atomic E-state index is 0. The van der Waals surface area contributed by atoms with Crippen molar-refractivity contribution in [1.29, 1.82) is 0 Å². The minimum Gasteiger partial charge on any atom is -0.340 e. The van der Waals surface area contributed by atoms with Crippen LogP contribution in [0.5, 0.6) is 0 Å². The van der Waals surface area contributed by atoms with Gasteiger partial charge in [0.05, 0.1) is 16.9 Å². The molecule has 2 aliphatic heterocycles. The fraction of sp³-hybridized carbons (Fsp3) is 0.400. The lowest BCUT2D eigenvalue weighted by atomic mass is 10.1. The van der Waals surface area contributed by atoms with Crippen LogP contribution >= 0.6 is 49.0 Å². The number of para-hydroxylation sites is 1. The highest BCUT2D eigenvalue weighted by atomic mass is 35.5. The zero-order valence-electron chi connectivity index (χ0n) is 16.2. The summed E-state index contributed by atoms with van der Waals surface area (Å²) in [6.07, 6.45) is -3.42. The maximum absolute atomic E-state index is 13.2. The van der Waals surface area contributed by atoms with Crippen LogP contribution in [0, 0.1) is 0 Å². The summed E-state index contributed by atoms with van der Waals surface area (Å²) in [7, 11) is 0. The molecular formula is C20H25Cl3F3N3S. The van der Waals surface area contributed by atoms with E-state index in [0.29, 0.717) is 12.2 Å². The number of fused-ring (bicyclic) bond motifs is 2. The van der Waals surface area contributed by atoms with Crippen molar-refractivity contribution in [1.82, 2.24) is 10.2 Å². The molecule has 0 unspecified atom stereocenters. The van der Waals surface area contributed by atoms with E-state index in [9.17, 15) is 13.2 Å². The fourth-order valence-electron chi connectivity index (χ4n) is 3.63. The van der Waals surface area contributed by atoms with Crippen molar-refractivity contribution < 1.29 is 13.2 Å². The number of hydrogen-bond acceptors (Lipinski definition) is 4. The van der Waals surface area contributed by atoms with E-state index in [2.05, 4.69) is 15.1 Å². The number of rotatable bonds is 4. The van der Waals surface area contributed by atoms with Gasteiger partial charge in [0.1, 0.15) is 0 Å². The van der Waals surface area contributed by atoms with Gasteiger partial charge >= 0.3 is 6.18 Å². The summed E-state index contributed by atoms with van der Waals surface area (Å²) in [5.74, 6) is 0. The van der Waals surface area contributed by atoms with Crippen LogP contribution in [0.2, 0.25) is 0 Å². The molecule has 0 saturated carbocycles. The summed E-state index contributed by atoms with van der Waals surface area (Å²) in [5, 5.41) is 3.34. The van der Waals surface area contributed by atoms with E-state index in [1.807, 2.05) is 24.3 Å². The quantitative estimate of drug-likeness (QED) is 0.563. The van der Waals surface area contributed by atoms with Crippen LogP contribution in [0.15, 0.2) is 52.3 Å². The van der Waals surface area contributed by atoms with Crippen molar-refractivity contribution >= 4 is 60.4 Å². The normalized spacial score (nSPS) is 15.8. The van der Waals surface area contributed by atoms with Crippen molar-refractivity contribution in [3.8, 4) is 0 Å². The Bertz CT molecular complexity index is 817.